The predicted octanol–water partition coefficient (Wildman–Crippen LogP) is 3.66. The second-order valence-corrected chi connectivity index (χ2v) is 5.59. The molecule has 0 saturated heterocycles. The number of Topliss-reactive ketones (excluding diaryl/α,β-unsaturated/α-hetero) is 1. The number of benzene rings is 2. The highest BCUT2D eigenvalue weighted by Gasteiger charge is 2.04. The van der Waals surface area contributed by atoms with Gasteiger partial charge in [-0.1, -0.05) is 41.9 Å². The van der Waals surface area contributed by atoms with E-state index in [1.54, 1.807) is 18.2 Å². The average Bonchev–Trinajstić information content (AvgIpc) is 2.54. The number of rotatable bonds is 7. The van der Waals surface area contributed by atoms with E-state index in [0.717, 1.165) is 11.3 Å². The first-order chi connectivity index (χ1) is 11.1. The zero-order valence-corrected chi connectivity index (χ0v) is 13.7. The number of hydrogen-bond acceptors (Lipinski definition) is 3. The van der Waals surface area contributed by atoms with Gasteiger partial charge in [-0.05, 0) is 30.7 Å². The molecule has 0 fully saturated rings. The van der Waals surface area contributed by atoms with E-state index in [0.29, 0.717) is 30.1 Å². The summed E-state index contributed by atoms with van der Waals surface area (Å²) >= 11 is 6.04. The predicted molar refractivity (Wildman–Crippen MR) is 92.9 cm³/mol. The molecule has 0 saturated carbocycles. The maximum atomic E-state index is 11.8. The van der Waals surface area contributed by atoms with Gasteiger partial charge >= 0.3 is 0 Å². The van der Waals surface area contributed by atoms with Crippen molar-refractivity contribution in [2.45, 2.75) is 19.9 Å². The maximum absolute atomic E-state index is 11.8. The Morgan fingerprint density at radius 1 is 1.09 bits per heavy atom. The number of carbonyl (C=O) groups excluding carboxylic acids is 2. The molecule has 2 aromatic rings. The molecule has 23 heavy (non-hydrogen) atoms. The number of ketones is 1. The monoisotopic (exact) mass is 330 g/mol. The molecule has 2 aromatic carbocycles. The van der Waals surface area contributed by atoms with E-state index in [9.17, 15) is 9.59 Å². The third-order valence-electron chi connectivity index (χ3n) is 3.38. The fraction of sp³-hybridized carbons (Fsp3) is 0.222. The van der Waals surface area contributed by atoms with Crippen LogP contribution in [0.5, 0.6) is 0 Å². The van der Waals surface area contributed by atoms with Crippen LogP contribution >= 0.6 is 11.6 Å². The van der Waals surface area contributed by atoms with Crippen molar-refractivity contribution < 1.29 is 9.59 Å². The number of hydrogen-bond donors (Lipinski definition) is 2. The van der Waals surface area contributed by atoms with Crippen molar-refractivity contribution in [1.29, 1.82) is 0 Å². The van der Waals surface area contributed by atoms with Crippen molar-refractivity contribution >= 4 is 29.0 Å². The van der Waals surface area contributed by atoms with Crippen molar-refractivity contribution in [2.75, 3.05) is 11.9 Å². The van der Waals surface area contributed by atoms with Crippen LogP contribution in [0.25, 0.3) is 0 Å². The van der Waals surface area contributed by atoms with Crippen LogP contribution in [0.15, 0.2) is 48.5 Å². The minimum absolute atomic E-state index is 0.0196. The molecule has 0 aliphatic carbocycles. The van der Waals surface area contributed by atoms with E-state index in [1.807, 2.05) is 30.3 Å². The van der Waals surface area contributed by atoms with Crippen LogP contribution in [-0.2, 0) is 11.3 Å². The van der Waals surface area contributed by atoms with E-state index in [2.05, 4.69) is 10.6 Å². The molecule has 5 heteroatoms. The van der Waals surface area contributed by atoms with E-state index in [1.165, 1.54) is 6.92 Å². The number of amides is 1. The molecule has 0 aromatic heterocycles. The van der Waals surface area contributed by atoms with Crippen LogP contribution < -0.4 is 10.6 Å². The maximum Gasteiger partial charge on any atom is 0.222 e. The van der Waals surface area contributed by atoms with Crippen LogP contribution in [0.2, 0.25) is 5.02 Å². The SMILES string of the molecule is CC(=O)c1cccc(NCCC(=O)NCc2ccccc2Cl)c1. The molecule has 0 bridgehead atoms. The topological polar surface area (TPSA) is 58.2 Å². The quantitative estimate of drug-likeness (QED) is 0.762. The first kappa shape index (κ1) is 17.0. The standard InChI is InChI=1S/C18H19ClN2O2/c1-13(22)14-6-4-7-16(11-14)20-10-9-18(23)21-12-15-5-2-3-8-17(15)19/h2-8,11,20H,9-10,12H2,1H3,(H,21,23). The lowest BCUT2D eigenvalue weighted by Gasteiger charge is -2.09. The Hall–Kier alpha value is -2.33. The van der Waals surface area contributed by atoms with Gasteiger partial charge in [0.1, 0.15) is 0 Å². The highest BCUT2D eigenvalue weighted by Crippen LogP contribution is 2.14. The molecule has 2 rings (SSSR count). The first-order valence-corrected chi connectivity index (χ1v) is 7.79. The zero-order chi connectivity index (χ0) is 16.7. The van der Waals surface area contributed by atoms with E-state index < -0.39 is 0 Å². The van der Waals surface area contributed by atoms with Crippen LogP contribution in [0, 0.1) is 0 Å². The largest absolute Gasteiger partial charge is 0.385 e. The van der Waals surface area contributed by atoms with Crippen molar-refractivity contribution in [3.63, 3.8) is 0 Å². The second-order valence-electron chi connectivity index (χ2n) is 5.18. The van der Waals surface area contributed by atoms with Gasteiger partial charge in [0.25, 0.3) is 0 Å². The number of anilines is 1. The van der Waals surface area contributed by atoms with Gasteiger partial charge in [0.2, 0.25) is 5.91 Å². The normalized spacial score (nSPS) is 10.2. The lowest BCUT2D eigenvalue weighted by atomic mass is 10.1. The Kier molecular flexibility index (Phi) is 6.18. The molecule has 4 nitrogen and oxygen atoms in total. The summed E-state index contributed by atoms with van der Waals surface area (Å²) in [6.45, 7) is 2.44. The fourth-order valence-corrected chi connectivity index (χ4v) is 2.30. The molecular weight excluding hydrogens is 312 g/mol. The Balaban J connectivity index is 1.76. The lowest BCUT2D eigenvalue weighted by molar-refractivity contribution is -0.121. The van der Waals surface area contributed by atoms with E-state index in [-0.39, 0.29) is 11.7 Å². The summed E-state index contributed by atoms with van der Waals surface area (Å²) in [5.41, 5.74) is 2.37. The molecule has 1 amide bonds. The molecule has 0 aliphatic rings. The Labute approximate surface area is 140 Å². The Morgan fingerprint density at radius 3 is 2.61 bits per heavy atom. The van der Waals surface area contributed by atoms with Crippen molar-refractivity contribution in [2.24, 2.45) is 0 Å². The molecule has 120 valence electrons. The second kappa shape index (κ2) is 8.34. The molecule has 0 radical (unpaired) electrons. The molecule has 0 spiro atoms. The van der Waals surface area contributed by atoms with Gasteiger partial charge in [-0.2, -0.15) is 0 Å². The van der Waals surface area contributed by atoms with E-state index in [4.69, 9.17) is 11.6 Å². The Morgan fingerprint density at radius 2 is 1.87 bits per heavy atom. The van der Waals surface area contributed by atoms with Crippen LogP contribution in [0.3, 0.4) is 0 Å². The summed E-state index contributed by atoms with van der Waals surface area (Å²) < 4.78 is 0. The summed E-state index contributed by atoms with van der Waals surface area (Å²) in [4.78, 5) is 23.2. The fourth-order valence-electron chi connectivity index (χ4n) is 2.09. The lowest BCUT2D eigenvalue weighted by Crippen LogP contribution is -2.25. The van der Waals surface area contributed by atoms with Gasteiger partial charge in [0.15, 0.2) is 5.78 Å². The highest BCUT2D eigenvalue weighted by atomic mass is 35.5. The van der Waals surface area contributed by atoms with E-state index >= 15 is 0 Å². The van der Waals surface area contributed by atoms with Gasteiger partial charge in [0, 0.05) is 35.8 Å². The van der Waals surface area contributed by atoms with Gasteiger partial charge in [0.05, 0.1) is 0 Å². The minimum Gasteiger partial charge on any atom is -0.385 e. The van der Waals surface area contributed by atoms with Gasteiger partial charge in [-0.25, -0.2) is 0 Å². The molecule has 0 heterocycles. The summed E-state index contributed by atoms with van der Waals surface area (Å²) in [6.07, 6.45) is 0.342. The Bertz CT molecular complexity index is 701. The summed E-state index contributed by atoms with van der Waals surface area (Å²) in [5.74, 6) is -0.0359. The molecule has 0 atom stereocenters. The van der Waals surface area contributed by atoms with Gasteiger partial charge in [-0.15, -0.1) is 0 Å². The minimum atomic E-state index is -0.0554. The van der Waals surface area contributed by atoms with Crippen LogP contribution in [0.4, 0.5) is 5.69 Å². The van der Waals surface area contributed by atoms with Crippen molar-refractivity contribution in [1.82, 2.24) is 5.32 Å². The molecule has 2 N–H and O–H groups in total. The van der Waals surface area contributed by atoms with Crippen molar-refractivity contribution in [3.8, 4) is 0 Å². The summed E-state index contributed by atoms with van der Waals surface area (Å²) in [7, 11) is 0. The van der Waals surface area contributed by atoms with Crippen LogP contribution in [0.1, 0.15) is 29.3 Å². The van der Waals surface area contributed by atoms with Crippen LogP contribution in [-0.4, -0.2) is 18.2 Å². The van der Waals surface area contributed by atoms with Gasteiger partial charge < -0.3 is 10.6 Å². The summed E-state index contributed by atoms with van der Waals surface area (Å²) in [5, 5.41) is 6.62. The molecule has 0 aliphatic heterocycles. The third kappa shape index (κ3) is 5.42. The number of carbonyl (C=O) groups is 2. The average molecular weight is 331 g/mol. The molecular formula is C18H19ClN2O2. The zero-order valence-electron chi connectivity index (χ0n) is 12.9. The summed E-state index contributed by atoms with van der Waals surface area (Å²) in [6, 6.07) is 14.7. The number of halogens is 1. The van der Waals surface area contributed by atoms with Crippen molar-refractivity contribution in [3.05, 3.63) is 64.7 Å². The first-order valence-electron chi connectivity index (χ1n) is 7.41. The molecule has 0 unspecified atom stereocenters. The third-order valence-corrected chi connectivity index (χ3v) is 3.75. The van der Waals surface area contributed by atoms with Gasteiger partial charge in [-0.3, -0.25) is 9.59 Å². The smallest absolute Gasteiger partial charge is 0.222 e. The highest BCUT2D eigenvalue weighted by molar-refractivity contribution is 6.31. The number of nitrogens with one attached hydrogen (secondary N) is 2.